The highest BCUT2D eigenvalue weighted by molar-refractivity contribution is 9.10. The molecule has 0 N–H and O–H groups in total. The van der Waals surface area contributed by atoms with Crippen molar-refractivity contribution in [3.8, 4) is 5.75 Å². The van der Waals surface area contributed by atoms with Crippen LogP contribution in [0.15, 0.2) is 53.0 Å². The molecular formula is C17H15BrO2. The SMILES string of the molecule is COc1ccc(C(=O)C2(c3ccccc3)CC2)c(Br)c1. The van der Waals surface area contributed by atoms with Crippen LogP contribution in [0.25, 0.3) is 0 Å². The second-order valence-electron chi connectivity index (χ2n) is 5.12. The first-order valence-corrected chi connectivity index (χ1v) is 7.40. The summed E-state index contributed by atoms with van der Waals surface area (Å²) < 4.78 is 5.97. The number of carbonyl (C=O) groups excluding carboxylic acids is 1. The zero-order valence-corrected chi connectivity index (χ0v) is 12.8. The molecule has 1 fully saturated rings. The fraction of sp³-hybridized carbons (Fsp3) is 0.235. The van der Waals surface area contributed by atoms with Gasteiger partial charge in [0.1, 0.15) is 5.75 Å². The molecule has 102 valence electrons. The number of hydrogen-bond acceptors (Lipinski definition) is 2. The first-order valence-electron chi connectivity index (χ1n) is 6.61. The predicted octanol–water partition coefficient (Wildman–Crippen LogP) is 4.37. The third-order valence-electron chi connectivity index (χ3n) is 3.93. The molecule has 3 rings (SSSR count). The summed E-state index contributed by atoms with van der Waals surface area (Å²) in [7, 11) is 1.62. The zero-order chi connectivity index (χ0) is 14.2. The molecule has 0 aliphatic heterocycles. The van der Waals surface area contributed by atoms with Gasteiger partial charge in [0.2, 0.25) is 0 Å². The monoisotopic (exact) mass is 330 g/mol. The second-order valence-corrected chi connectivity index (χ2v) is 5.98. The summed E-state index contributed by atoms with van der Waals surface area (Å²) in [5.74, 6) is 0.941. The van der Waals surface area contributed by atoms with Crippen LogP contribution >= 0.6 is 15.9 Å². The molecule has 0 unspecified atom stereocenters. The first kappa shape index (κ1) is 13.4. The van der Waals surface area contributed by atoms with Crippen LogP contribution in [0, 0.1) is 0 Å². The van der Waals surface area contributed by atoms with Crippen molar-refractivity contribution in [1.82, 2.24) is 0 Å². The number of Topliss-reactive ketones (excluding diaryl/α,β-unsaturated/α-hetero) is 1. The summed E-state index contributed by atoms with van der Waals surface area (Å²) in [5.41, 5.74) is 1.53. The van der Waals surface area contributed by atoms with Gasteiger partial charge in [0.15, 0.2) is 5.78 Å². The fourth-order valence-corrected chi connectivity index (χ4v) is 3.13. The molecule has 2 aromatic carbocycles. The van der Waals surface area contributed by atoms with Crippen LogP contribution in [0.5, 0.6) is 5.75 Å². The Kier molecular flexibility index (Phi) is 3.38. The second kappa shape index (κ2) is 5.06. The van der Waals surface area contributed by atoms with Gasteiger partial charge in [-0.1, -0.05) is 30.3 Å². The molecular weight excluding hydrogens is 316 g/mol. The third kappa shape index (κ3) is 2.16. The van der Waals surface area contributed by atoms with E-state index in [-0.39, 0.29) is 11.2 Å². The van der Waals surface area contributed by atoms with Crippen molar-refractivity contribution >= 4 is 21.7 Å². The molecule has 0 atom stereocenters. The molecule has 0 bridgehead atoms. The van der Waals surface area contributed by atoms with Gasteiger partial charge in [-0.05, 0) is 52.5 Å². The minimum Gasteiger partial charge on any atom is -0.497 e. The Morgan fingerprint density at radius 1 is 1.15 bits per heavy atom. The van der Waals surface area contributed by atoms with E-state index in [0.29, 0.717) is 0 Å². The Morgan fingerprint density at radius 3 is 2.40 bits per heavy atom. The zero-order valence-electron chi connectivity index (χ0n) is 11.2. The van der Waals surface area contributed by atoms with Crippen molar-refractivity contribution in [2.45, 2.75) is 18.3 Å². The normalized spacial score (nSPS) is 15.7. The van der Waals surface area contributed by atoms with Crippen LogP contribution in [-0.4, -0.2) is 12.9 Å². The maximum absolute atomic E-state index is 12.9. The van der Waals surface area contributed by atoms with E-state index in [9.17, 15) is 4.79 Å². The molecule has 3 heteroatoms. The van der Waals surface area contributed by atoms with Crippen LogP contribution in [0.4, 0.5) is 0 Å². The number of methoxy groups -OCH3 is 1. The quantitative estimate of drug-likeness (QED) is 0.778. The van der Waals surface area contributed by atoms with Gasteiger partial charge in [-0.3, -0.25) is 4.79 Å². The van der Waals surface area contributed by atoms with E-state index in [0.717, 1.165) is 34.2 Å². The van der Waals surface area contributed by atoms with Gasteiger partial charge in [0.25, 0.3) is 0 Å². The lowest BCUT2D eigenvalue weighted by Crippen LogP contribution is -2.21. The number of halogens is 1. The number of ether oxygens (including phenoxy) is 1. The summed E-state index contributed by atoms with van der Waals surface area (Å²) in [5, 5.41) is 0. The Hall–Kier alpha value is -1.61. The maximum atomic E-state index is 12.9. The fourth-order valence-electron chi connectivity index (χ4n) is 2.59. The van der Waals surface area contributed by atoms with Crippen LogP contribution in [0.1, 0.15) is 28.8 Å². The smallest absolute Gasteiger partial charge is 0.174 e. The number of carbonyl (C=O) groups is 1. The largest absolute Gasteiger partial charge is 0.497 e. The standard InChI is InChI=1S/C17H15BrO2/c1-20-13-7-8-14(15(18)11-13)16(19)17(9-10-17)12-5-3-2-4-6-12/h2-8,11H,9-10H2,1H3. The predicted molar refractivity (Wildman–Crippen MR) is 82.4 cm³/mol. The highest BCUT2D eigenvalue weighted by Gasteiger charge is 2.51. The molecule has 1 saturated carbocycles. The average Bonchev–Trinajstić information content (AvgIpc) is 3.29. The summed E-state index contributed by atoms with van der Waals surface area (Å²) >= 11 is 3.48. The molecule has 0 spiro atoms. The van der Waals surface area contributed by atoms with E-state index in [1.165, 1.54) is 0 Å². The number of ketones is 1. The Morgan fingerprint density at radius 2 is 1.85 bits per heavy atom. The molecule has 0 aromatic heterocycles. The summed E-state index contributed by atoms with van der Waals surface area (Å²) in [6.45, 7) is 0. The topological polar surface area (TPSA) is 26.3 Å². The van der Waals surface area contributed by atoms with Gasteiger partial charge < -0.3 is 4.74 Å². The number of rotatable bonds is 4. The Bertz CT molecular complexity index is 645. The lowest BCUT2D eigenvalue weighted by molar-refractivity contribution is 0.0945. The Balaban J connectivity index is 1.97. The number of benzene rings is 2. The molecule has 0 saturated heterocycles. The molecule has 2 aromatic rings. The van der Waals surface area contributed by atoms with E-state index in [1.54, 1.807) is 7.11 Å². The van der Waals surface area contributed by atoms with E-state index in [1.807, 2.05) is 48.5 Å². The minimum atomic E-state index is -0.321. The van der Waals surface area contributed by atoms with Gasteiger partial charge in [-0.2, -0.15) is 0 Å². The Labute approximate surface area is 126 Å². The van der Waals surface area contributed by atoms with Crippen molar-refractivity contribution in [2.24, 2.45) is 0 Å². The van der Waals surface area contributed by atoms with E-state index in [2.05, 4.69) is 15.9 Å². The van der Waals surface area contributed by atoms with Crippen LogP contribution in [0.2, 0.25) is 0 Å². The summed E-state index contributed by atoms with van der Waals surface area (Å²) in [6.07, 6.45) is 1.85. The lowest BCUT2D eigenvalue weighted by Gasteiger charge is -2.16. The van der Waals surface area contributed by atoms with Crippen LogP contribution in [0.3, 0.4) is 0 Å². The van der Waals surface area contributed by atoms with Gasteiger partial charge in [0.05, 0.1) is 12.5 Å². The molecule has 0 amide bonds. The van der Waals surface area contributed by atoms with E-state index < -0.39 is 0 Å². The highest BCUT2D eigenvalue weighted by Crippen LogP contribution is 2.51. The van der Waals surface area contributed by atoms with Crippen LogP contribution in [-0.2, 0) is 5.41 Å². The molecule has 1 aliphatic carbocycles. The van der Waals surface area contributed by atoms with E-state index >= 15 is 0 Å². The van der Waals surface area contributed by atoms with Gasteiger partial charge in [0, 0.05) is 10.0 Å². The number of hydrogen-bond donors (Lipinski definition) is 0. The molecule has 0 heterocycles. The summed E-state index contributed by atoms with van der Waals surface area (Å²) in [4.78, 5) is 12.9. The first-order chi connectivity index (χ1) is 9.67. The lowest BCUT2D eigenvalue weighted by atomic mass is 9.87. The van der Waals surface area contributed by atoms with Gasteiger partial charge in [-0.15, -0.1) is 0 Å². The van der Waals surface area contributed by atoms with Crippen molar-refractivity contribution in [2.75, 3.05) is 7.11 Å². The van der Waals surface area contributed by atoms with Gasteiger partial charge in [-0.25, -0.2) is 0 Å². The van der Waals surface area contributed by atoms with Crippen molar-refractivity contribution in [3.63, 3.8) is 0 Å². The minimum absolute atomic E-state index is 0.193. The van der Waals surface area contributed by atoms with Crippen molar-refractivity contribution < 1.29 is 9.53 Å². The molecule has 0 radical (unpaired) electrons. The summed E-state index contributed by atoms with van der Waals surface area (Å²) in [6, 6.07) is 15.6. The van der Waals surface area contributed by atoms with E-state index in [4.69, 9.17) is 4.74 Å². The highest BCUT2D eigenvalue weighted by atomic mass is 79.9. The van der Waals surface area contributed by atoms with Crippen LogP contribution < -0.4 is 4.74 Å². The van der Waals surface area contributed by atoms with Crippen molar-refractivity contribution in [1.29, 1.82) is 0 Å². The molecule has 2 nitrogen and oxygen atoms in total. The molecule has 20 heavy (non-hydrogen) atoms. The average molecular weight is 331 g/mol. The third-order valence-corrected chi connectivity index (χ3v) is 4.59. The van der Waals surface area contributed by atoms with Gasteiger partial charge >= 0.3 is 0 Å². The molecule has 1 aliphatic rings. The maximum Gasteiger partial charge on any atom is 0.174 e. The van der Waals surface area contributed by atoms with Crippen molar-refractivity contribution in [3.05, 3.63) is 64.1 Å².